The molecule has 0 aliphatic carbocycles. The van der Waals surface area contributed by atoms with Crippen LogP contribution >= 0.6 is 0 Å². The lowest BCUT2D eigenvalue weighted by Gasteiger charge is -2.09. The van der Waals surface area contributed by atoms with Gasteiger partial charge in [0.15, 0.2) is 0 Å². The number of ether oxygens (including phenoxy) is 1. The molecule has 0 spiro atoms. The van der Waals surface area contributed by atoms with E-state index in [2.05, 4.69) is 10.6 Å². The number of hydrogen-bond donors (Lipinski definition) is 2. The maximum Gasteiger partial charge on any atom is 0.228 e. The molecule has 0 fully saturated rings. The normalized spacial score (nSPS) is 10.3. The van der Waals surface area contributed by atoms with Crippen LogP contribution in [0.25, 0.3) is 0 Å². The number of amides is 1. The maximum absolute atomic E-state index is 13.6. The molecule has 27 heavy (non-hydrogen) atoms. The minimum atomic E-state index is -0.229. The minimum Gasteiger partial charge on any atom is -0.497 e. The van der Waals surface area contributed by atoms with Gasteiger partial charge in [-0.05, 0) is 48.0 Å². The van der Waals surface area contributed by atoms with Crippen molar-refractivity contribution in [1.29, 1.82) is 0 Å². The molecule has 3 rings (SSSR count). The smallest absolute Gasteiger partial charge is 0.228 e. The molecule has 1 amide bonds. The lowest BCUT2D eigenvalue weighted by molar-refractivity contribution is -0.115. The third-order valence-corrected chi connectivity index (χ3v) is 4.13. The van der Waals surface area contributed by atoms with Crippen LogP contribution in [0.1, 0.15) is 11.1 Å². The van der Waals surface area contributed by atoms with E-state index in [9.17, 15) is 9.18 Å². The van der Waals surface area contributed by atoms with E-state index in [1.807, 2.05) is 54.6 Å². The minimum absolute atomic E-state index is 0.0905. The molecule has 0 aliphatic heterocycles. The summed E-state index contributed by atoms with van der Waals surface area (Å²) in [5, 5.41) is 6.04. The van der Waals surface area contributed by atoms with Gasteiger partial charge in [-0.2, -0.15) is 0 Å². The van der Waals surface area contributed by atoms with Crippen molar-refractivity contribution in [1.82, 2.24) is 0 Å². The standard InChI is InChI=1S/C22H21FN2O2/c1-27-20-12-6-16(7-13-20)14-22(26)25-19-10-8-18(9-11-19)24-15-17-4-2-3-5-21(17)23/h2-13,24H,14-15H2,1H3,(H,25,26). The molecule has 0 radical (unpaired) electrons. The van der Waals surface area contributed by atoms with E-state index in [0.29, 0.717) is 17.8 Å². The molecule has 0 saturated carbocycles. The van der Waals surface area contributed by atoms with Crippen molar-refractivity contribution in [3.8, 4) is 5.75 Å². The Morgan fingerprint density at radius 1 is 0.926 bits per heavy atom. The van der Waals surface area contributed by atoms with Gasteiger partial charge in [-0.15, -0.1) is 0 Å². The molecule has 4 nitrogen and oxygen atoms in total. The van der Waals surface area contributed by atoms with E-state index in [-0.39, 0.29) is 18.1 Å². The first-order valence-corrected chi connectivity index (χ1v) is 8.64. The van der Waals surface area contributed by atoms with Gasteiger partial charge in [0.1, 0.15) is 11.6 Å². The number of anilines is 2. The van der Waals surface area contributed by atoms with Crippen molar-refractivity contribution in [2.45, 2.75) is 13.0 Å². The van der Waals surface area contributed by atoms with Crippen molar-refractivity contribution in [2.24, 2.45) is 0 Å². The fourth-order valence-electron chi connectivity index (χ4n) is 2.64. The Bertz CT molecular complexity index is 893. The van der Waals surface area contributed by atoms with Gasteiger partial charge < -0.3 is 15.4 Å². The highest BCUT2D eigenvalue weighted by Gasteiger charge is 2.05. The summed E-state index contributed by atoms with van der Waals surface area (Å²) >= 11 is 0. The van der Waals surface area contributed by atoms with Crippen LogP contribution in [-0.4, -0.2) is 13.0 Å². The third-order valence-electron chi connectivity index (χ3n) is 4.13. The van der Waals surface area contributed by atoms with Crippen molar-refractivity contribution in [2.75, 3.05) is 17.7 Å². The Balaban J connectivity index is 1.52. The lowest BCUT2D eigenvalue weighted by Crippen LogP contribution is -2.14. The summed E-state index contributed by atoms with van der Waals surface area (Å²) in [7, 11) is 1.61. The highest BCUT2D eigenvalue weighted by molar-refractivity contribution is 5.92. The molecule has 0 heterocycles. The van der Waals surface area contributed by atoms with Crippen LogP contribution in [0.4, 0.5) is 15.8 Å². The van der Waals surface area contributed by atoms with Gasteiger partial charge in [0.05, 0.1) is 13.5 Å². The van der Waals surface area contributed by atoms with E-state index in [1.165, 1.54) is 6.07 Å². The number of nitrogens with one attached hydrogen (secondary N) is 2. The second-order valence-corrected chi connectivity index (χ2v) is 6.10. The summed E-state index contributed by atoms with van der Waals surface area (Å²) in [5.74, 6) is 0.442. The molecule has 0 atom stereocenters. The highest BCUT2D eigenvalue weighted by atomic mass is 19.1. The van der Waals surface area contributed by atoms with Crippen molar-refractivity contribution >= 4 is 17.3 Å². The van der Waals surface area contributed by atoms with Gasteiger partial charge in [-0.25, -0.2) is 4.39 Å². The van der Waals surface area contributed by atoms with E-state index in [1.54, 1.807) is 19.2 Å². The molecule has 0 bridgehead atoms. The number of halogens is 1. The summed E-state index contributed by atoms with van der Waals surface area (Å²) in [6, 6.07) is 21.4. The molecule has 0 unspecified atom stereocenters. The maximum atomic E-state index is 13.6. The zero-order valence-corrected chi connectivity index (χ0v) is 15.0. The molecule has 0 aliphatic rings. The molecule has 3 aromatic carbocycles. The van der Waals surface area contributed by atoms with Crippen molar-refractivity contribution in [3.63, 3.8) is 0 Å². The third kappa shape index (κ3) is 5.31. The molecular formula is C22H21FN2O2. The average molecular weight is 364 g/mol. The topological polar surface area (TPSA) is 50.4 Å². The highest BCUT2D eigenvalue weighted by Crippen LogP contribution is 2.17. The number of carbonyl (C=O) groups is 1. The molecule has 0 aromatic heterocycles. The summed E-state index contributed by atoms with van der Waals surface area (Å²) in [6.07, 6.45) is 0.289. The predicted octanol–water partition coefficient (Wildman–Crippen LogP) is 4.63. The lowest BCUT2D eigenvalue weighted by atomic mass is 10.1. The summed E-state index contributed by atoms with van der Waals surface area (Å²) in [6.45, 7) is 0.399. The van der Waals surface area contributed by atoms with Gasteiger partial charge in [0.25, 0.3) is 0 Å². The van der Waals surface area contributed by atoms with Gasteiger partial charge in [-0.3, -0.25) is 4.79 Å². The first kappa shape index (κ1) is 18.5. The van der Waals surface area contributed by atoms with Crippen LogP contribution in [-0.2, 0) is 17.8 Å². The fraction of sp³-hybridized carbons (Fsp3) is 0.136. The van der Waals surface area contributed by atoms with E-state index < -0.39 is 0 Å². The monoisotopic (exact) mass is 364 g/mol. The fourth-order valence-corrected chi connectivity index (χ4v) is 2.64. The molecular weight excluding hydrogens is 343 g/mol. The van der Waals surface area contributed by atoms with Crippen molar-refractivity contribution < 1.29 is 13.9 Å². The Labute approximate surface area is 158 Å². The SMILES string of the molecule is COc1ccc(CC(=O)Nc2ccc(NCc3ccccc3F)cc2)cc1. The van der Waals surface area contributed by atoms with E-state index in [0.717, 1.165) is 17.0 Å². The van der Waals surface area contributed by atoms with Crippen LogP contribution in [0.2, 0.25) is 0 Å². The van der Waals surface area contributed by atoms with Crippen LogP contribution in [0.15, 0.2) is 72.8 Å². The summed E-state index contributed by atoms with van der Waals surface area (Å²) in [4.78, 5) is 12.2. The Morgan fingerprint density at radius 3 is 2.26 bits per heavy atom. The quantitative estimate of drug-likeness (QED) is 0.643. The second kappa shape index (κ2) is 8.85. The second-order valence-electron chi connectivity index (χ2n) is 6.10. The van der Waals surface area contributed by atoms with Gasteiger partial charge in [0.2, 0.25) is 5.91 Å². The largest absolute Gasteiger partial charge is 0.497 e. The van der Waals surface area contributed by atoms with Crippen LogP contribution < -0.4 is 15.4 Å². The predicted molar refractivity (Wildman–Crippen MR) is 105 cm³/mol. The Hall–Kier alpha value is -3.34. The molecule has 138 valence electrons. The zero-order chi connectivity index (χ0) is 19.1. The molecule has 5 heteroatoms. The number of rotatable bonds is 7. The first-order chi connectivity index (χ1) is 13.1. The Morgan fingerprint density at radius 2 is 1.59 bits per heavy atom. The average Bonchev–Trinajstić information content (AvgIpc) is 2.69. The van der Waals surface area contributed by atoms with Crippen LogP contribution in [0.3, 0.4) is 0 Å². The van der Waals surface area contributed by atoms with Crippen LogP contribution in [0, 0.1) is 5.82 Å². The van der Waals surface area contributed by atoms with E-state index >= 15 is 0 Å². The zero-order valence-electron chi connectivity index (χ0n) is 15.0. The number of hydrogen-bond acceptors (Lipinski definition) is 3. The summed E-state index contributed by atoms with van der Waals surface area (Å²) < 4.78 is 18.7. The number of benzene rings is 3. The van der Waals surface area contributed by atoms with Gasteiger partial charge >= 0.3 is 0 Å². The Kier molecular flexibility index (Phi) is 6.05. The molecule has 0 saturated heterocycles. The number of carbonyl (C=O) groups excluding carboxylic acids is 1. The van der Waals surface area contributed by atoms with Gasteiger partial charge in [-0.1, -0.05) is 30.3 Å². The molecule has 3 aromatic rings. The van der Waals surface area contributed by atoms with Crippen molar-refractivity contribution in [3.05, 3.63) is 89.7 Å². The number of methoxy groups -OCH3 is 1. The van der Waals surface area contributed by atoms with Crippen LogP contribution in [0.5, 0.6) is 5.75 Å². The van der Waals surface area contributed by atoms with Gasteiger partial charge in [0, 0.05) is 23.5 Å². The molecule has 2 N–H and O–H groups in total. The van der Waals surface area contributed by atoms with E-state index in [4.69, 9.17) is 4.74 Å². The summed E-state index contributed by atoms with van der Waals surface area (Å²) in [5.41, 5.74) is 3.09. The first-order valence-electron chi connectivity index (χ1n) is 8.64.